The van der Waals surface area contributed by atoms with Gasteiger partial charge < -0.3 is 25.2 Å². The Bertz CT molecular complexity index is 425. The van der Waals surface area contributed by atoms with E-state index in [1.165, 1.54) is 0 Å². The van der Waals surface area contributed by atoms with Crippen molar-refractivity contribution in [1.82, 2.24) is 5.32 Å². The molecule has 0 amide bonds. The molecule has 2 unspecified atom stereocenters. The molecule has 1 aliphatic rings. The van der Waals surface area contributed by atoms with Gasteiger partial charge in [-0.2, -0.15) is 0 Å². The first-order valence-corrected chi connectivity index (χ1v) is 6.62. The Balaban J connectivity index is 2.23. The molecular formula is C14H22N2O3. The first-order valence-electron chi connectivity index (χ1n) is 6.62. The molecule has 0 aromatic heterocycles. The number of hydrogen-bond acceptors (Lipinski definition) is 5. The molecule has 19 heavy (non-hydrogen) atoms. The van der Waals surface area contributed by atoms with Crippen LogP contribution in [0.25, 0.3) is 0 Å². The van der Waals surface area contributed by atoms with E-state index in [9.17, 15) is 10.2 Å². The van der Waals surface area contributed by atoms with Crippen molar-refractivity contribution >= 4 is 5.69 Å². The van der Waals surface area contributed by atoms with Gasteiger partial charge in [-0.1, -0.05) is 6.07 Å². The standard InChI is InChI=1S/C14H22N2O3/c1-10(15-2)13-4-3-11(7-14(13)18)16-5-6-19-9-12(16)8-17/h3-4,7,10,12,15,17-18H,5-6,8-9H2,1-2H3. The van der Waals surface area contributed by atoms with Gasteiger partial charge in [0.15, 0.2) is 0 Å². The molecule has 1 fully saturated rings. The molecule has 1 saturated heterocycles. The summed E-state index contributed by atoms with van der Waals surface area (Å²) in [5.74, 6) is 0.280. The lowest BCUT2D eigenvalue weighted by Gasteiger charge is -2.36. The monoisotopic (exact) mass is 266 g/mol. The minimum Gasteiger partial charge on any atom is -0.508 e. The molecule has 1 aromatic rings. The molecule has 0 aliphatic carbocycles. The molecule has 1 aromatic carbocycles. The Morgan fingerprint density at radius 1 is 1.53 bits per heavy atom. The highest BCUT2D eigenvalue weighted by Crippen LogP contribution is 2.30. The van der Waals surface area contributed by atoms with Gasteiger partial charge in [0, 0.05) is 29.9 Å². The minimum absolute atomic E-state index is 0.0410. The Kier molecular flexibility index (Phi) is 4.63. The number of rotatable bonds is 4. The summed E-state index contributed by atoms with van der Waals surface area (Å²) in [4.78, 5) is 2.08. The molecule has 5 heteroatoms. The van der Waals surface area contributed by atoms with Crippen LogP contribution in [0.4, 0.5) is 5.69 Å². The largest absolute Gasteiger partial charge is 0.508 e. The van der Waals surface area contributed by atoms with Gasteiger partial charge >= 0.3 is 0 Å². The maximum absolute atomic E-state index is 10.1. The fourth-order valence-corrected chi connectivity index (χ4v) is 2.38. The fraction of sp³-hybridized carbons (Fsp3) is 0.571. The van der Waals surface area contributed by atoms with Gasteiger partial charge in [0.1, 0.15) is 5.75 Å². The highest BCUT2D eigenvalue weighted by molar-refractivity contribution is 5.55. The van der Waals surface area contributed by atoms with Gasteiger partial charge in [-0.15, -0.1) is 0 Å². The van der Waals surface area contributed by atoms with Gasteiger partial charge in [0.05, 0.1) is 25.9 Å². The lowest BCUT2D eigenvalue weighted by molar-refractivity contribution is 0.0727. The zero-order valence-electron chi connectivity index (χ0n) is 11.5. The Morgan fingerprint density at radius 2 is 2.32 bits per heavy atom. The number of nitrogens with zero attached hydrogens (tertiary/aromatic N) is 1. The molecule has 0 radical (unpaired) electrons. The molecule has 1 heterocycles. The Labute approximate surface area is 113 Å². The average Bonchev–Trinajstić information content (AvgIpc) is 2.46. The van der Waals surface area contributed by atoms with E-state index in [1.807, 2.05) is 26.1 Å². The molecular weight excluding hydrogens is 244 g/mol. The van der Waals surface area contributed by atoms with Crippen LogP contribution < -0.4 is 10.2 Å². The summed E-state index contributed by atoms with van der Waals surface area (Å²) in [6, 6.07) is 5.73. The second kappa shape index (κ2) is 6.23. The number of aromatic hydroxyl groups is 1. The van der Waals surface area contributed by atoms with Crippen molar-refractivity contribution < 1.29 is 14.9 Å². The number of aliphatic hydroxyl groups excluding tert-OH is 1. The van der Waals surface area contributed by atoms with E-state index < -0.39 is 0 Å². The van der Waals surface area contributed by atoms with Gasteiger partial charge in [0.2, 0.25) is 0 Å². The molecule has 1 aliphatic heterocycles. The normalized spacial score (nSPS) is 21.4. The van der Waals surface area contributed by atoms with Crippen molar-refractivity contribution in [3.05, 3.63) is 23.8 Å². The van der Waals surface area contributed by atoms with Crippen molar-refractivity contribution in [3.63, 3.8) is 0 Å². The number of morpholine rings is 1. The van der Waals surface area contributed by atoms with Gasteiger partial charge in [-0.25, -0.2) is 0 Å². The average molecular weight is 266 g/mol. The van der Waals surface area contributed by atoms with Crippen LogP contribution in [0.3, 0.4) is 0 Å². The molecule has 106 valence electrons. The lowest BCUT2D eigenvalue weighted by Crippen LogP contribution is -2.47. The van der Waals surface area contributed by atoms with Crippen LogP contribution in [0, 0.1) is 0 Å². The SMILES string of the molecule is CNC(C)c1ccc(N2CCOCC2CO)cc1O. The lowest BCUT2D eigenvalue weighted by atomic mass is 10.1. The summed E-state index contributed by atoms with van der Waals surface area (Å²) in [5.41, 5.74) is 1.80. The third-order valence-electron chi connectivity index (χ3n) is 3.68. The number of benzene rings is 1. The number of ether oxygens (including phenoxy) is 1. The van der Waals surface area contributed by atoms with Crippen LogP contribution in [0.1, 0.15) is 18.5 Å². The topological polar surface area (TPSA) is 65.0 Å². The van der Waals surface area contributed by atoms with Crippen LogP contribution in [-0.4, -0.2) is 49.7 Å². The van der Waals surface area contributed by atoms with Crippen LogP contribution in [0.5, 0.6) is 5.75 Å². The van der Waals surface area contributed by atoms with Crippen LogP contribution in [-0.2, 0) is 4.74 Å². The van der Waals surface area contributed by atoms with Gasteiger partial charge in [-0.05, 0) is 20.0 Å². The third kappa shape index (κ3) is 3.00. The number of anilines is 1. The summed E-state index contributed by atoms with van der Waals surface area (Å²) in [5, 5.41) is 22.6. The van der Waals surface area contributed by atoms with Crippen molar-refractivity contribution in [1.29, 1.82) is 0 Å². The molecule has 5 nitrogen and oxygen atoms in total. The number of aliphatic hydroxyl groups is 1. The predicted molar refractivity (Wildman–Crippen MR) is 74.6 cm³/mol. The molecule has 2 atom stereocenters. The maximum Gasteiger partial charge on any atom is 0.122 e. The van der Waals surface area contributed by atoms with Gasteiger partial charge in [-0.3, -0.25) is 0 Å². The summed E-state index contributed by atoms with van der Waals surface area (Å²) >= 11 is 0. The number of phenols is 1. The summed E-state index contributed by atoms with van der Waals surface area (Å²) in [6.45, 7) is 3.94. The van der Waals surface area contributed by atoms with Crippen LogP contribution >= 0.6 is 0 Å². The van der Waals surface area contributed by atoms with Crippen molar-refractivity contribution in [2.75, 3.05) is 38.3 Å². The fourth-order valence-electron chi connectivity index (χ4n) is 2.38. The third-order valence-corrected chi connectivity index (χ3v) is 3.68. The molecule has 3 N–H and O–H groups in total. The van der Waals surface area contributed by atoms with Crippen molar-refractivity contribution in [2.45, 2.75) is 19.0 Å². The van der Waals surface area contributed by atoms with E-state index in [-0.39, 0.29) is 24.4 Å². The molecule has 0 bridgehead atoms. The summed E-state index contributed by atoms with van der Waals surface area (Å²) in [6.07, 6.45) is 0. The molecule has 0 saturated carbocycles. The first-order chi connectivity index (χ1) is 9.17. The minimum atomic E-state index is -0.0410. The summed E-state index contributed by atoms with van der Waals surface area (Å²) < 4.78 is 5.36. The quantitative estimate of drug-likeness (QED) is 0.755. The van der Waals surface area contributed by atoms with E-state index in [4.69, 9.17) is 4.74 Å². The van der Waals surface area contributed by atoms with Crippen LogP contribution in [0.2, 0.25) is 0 Å². The van der Waals surface area contributed by atoms with E-state index >= 15 is 0 Å². The zero-order chi connectivity index (χ0) is 13.8. The second-order valence-electron chi connectivity index (χ2n) is 4.86. The highest BCUT2D eigenvalue weighted by atomic mass is 16.5. The molecule has 0 spiro atoms. The van der Waals surface area contributed by atoms with Crippen LogP contribution in [0.15, 0.2) is 18.2 Å². The smallest absolute Gasteiger partial charge is 0.122 e. The highest BCUT2D eigenvalue weighted by Gasteiger charge is 2.23. The molecule has 2 rings (SSSR count). The van der Waals surface area contributed by atoms with E-state index in [2.05, 4.69) is 10.2 Å². The van der Waals surface area contributed by atoms with Crippen molar-refractivity contribution in [3.8, 4) is 5.75 Å². The van der Waals surface area contributed by atoms with E-state index in [0.717, 1.165) is 17.8 Å². The van der Waals surface area contributed by atoms with E-state index in [0.29, 0.717) is 13.2 Å². The zero-order valence-corrected chi connectivity index (χ0v) is 11.5. The Hall–Kier alpha value is -1.30. The number of phenolic OH excluding ortho intramolecular Hbond substituents is 1. The summed E-state index contributed by atoms with van der Waals surface area (Å²) in [7, 11) is 1.86. The Morgan fingerprint density at radius 3 is 2.95 bits per heavy atom. The van der Waals surface area contributed by atoms with Crippen molar-refractivity contribution in [2.24, 2.45) is 0 Å². The number of hydrogen-bond donors (Lipinski definition) is 3. The predicted octanol–water partition coefficient (Wildman–Crippen LogP) is 0.870. The second-order valence-corrected chi connectivity index (χ2v) is 4.86. The van der Waals surface area contributed by atoms with E-state index in [1.54, 1.807) is 6.07 Å². The first kappa shape index (κ1) is 14.1. The maximum atomic E-state index is 10.1. The number of nitrogens with one attached hydrogen (secondary N) is 1. The van der Waals surface area contributed by atoms with Gasteiger partial charge in [0.25, 0.3) is 0 Å².